The molecule has 0 aromatic rings. The third kappa shape index (κ3) is 2.13. The van der Waals surface area contributed by atoms with E-state index >= 15 is 0 Å². The summed E-state index contributed by atoms with van der Waals surface area (Å²) in [5.74, 6) is -0.285. The molecule has 0 saturated carbocycles. The first-order valence-corrected chi connectivity index (χ1v) is 5.16. The van der Waals surface area contributed by atoms with Crippen molar-refractivity contribution in [3.63, 3.8) is 0 Å². The van der Waals surface area contributed by atoms with Gasteiger partial charge >= 0.3 is 0 Å². The van der Waals surface area contributed by atoms with Crippen molar-refractivity contribution in [2.75, 3.05) is 32.1 Å². The highest BCUT2D eigenvalue weighted by atomic mass is 32.2. The largest absolute Gasteiger partial charge is 0.317 e. The quantitative estimate of drug-likeness (QED) is 0.521. The van der Waals surface area contributed by atoms with Crippen LogP contribution in [0.1, 0.15) is 0 Å². The Balaban J connectivity index is 2.58. The molecule has 5 nitrogen and oxygen atoms in total. The second-order valence-electron chi connectivity index (χ2n) is 2.43. The lowest BCUT2D eigenvalue weighted by Crippen LogP contribution is -2.48. The maximum absolute atomic E-state index is 11.1. The Morgan fingerprint density at radius 1 is 1.36 bits per heavy atom. The van der Waals surface area contributed by atoms with Crippen molar-refractivity contribution in [2.45, 2.75) is 0 Å². The van der Waals surface area contributed by atoms with Crippen LogP contribution in [0.4, 0.5) is 0 Å². The van der Waals surface area contributed by atoms with Crippen LogP contribution in [-0.2, 0) is 10.0 Å². The summed E-state index contributed by atoms with van der Waals surface area (Å²) in [6.07, 6.45) is 0. The predicted molar refractivity (Wildman–Crippen MR) is 42.4 cm³/mol. The van der Waals surface area contributed by atoms with E-state index < -0.39 is 10.0 Å². The summed E-state index contributed by atoms with van der Waals surface area (Å²) >= 11 is 0. The molecule has 0 radical (unpaired) electrons. The first-order valence-electron chi connectivity index (χ1n) is 3.55. The zero-order valence-electron chi connectivity index (χ0n) is 6.28. The van der Waals surface area contributed by atoms with E-state index in [2.05, 4.69) is 5.32 Å². The highest BCUT2D eigenvalue weighted by Gasteiger charge is 2.21. The van der Waals surface area contributed by atoms with Crippen molar-refractivity contribution >= 4 is 10.0 Å². The summed E-state index contributed by atoms with van der Waals surface area (Å²) in [6, 6.07) is 0. The van der Waals surface area contributed by atoms with Crippen molar-refractivity contribution in [1.29, 1.82) is 0 Å². The number of sulfonamides is 1. The van der Waals surface area contributed by atoms with Gasteiger partial charge in [0.1, 0.15) is 5.88 Å². The normalized spacial score (nSPS) is 21.9. The van der Waals surface area contributed by atoms with Gasteiger partial charge < -0.3 is 11.1 Å². The standard InChI is InChI=1S/C5H13N3O2S/c6-5-11(9,10)8-3-1-7-2-4-8/h7H,1-6H2. The first-order chi connectivity index (χ1) is 5.17. The van der Waals surface area contributed by atoms with E-state index in [1.807, 2.05) is 0 Å². The topological polar surface area (TPSA) is 75.4 Å². The Bertz CT molecular complexity index is 208. The average molecular weight is 179 g/mol. The zero-order valence-corrected chi connectivity index (χ0v) is 7.10. The van der Waals surface area contributed by atoms with Crippen LogP contribution in [0.2, 0.25) is 0 Å². The molecular formula is C5H13N3O2S. The van der Waals surface area contributed by atoms with E-state index in [1.54, 1.807) is 0 Å². The number of nitrogens with one attached hydrogen (secondary N) is 1. The Morgan fingerprint density at radius 2 is 1.91 bits per heavy atom. The number of nitrogens with zero attached hydrogens (tertiary/aromatic N) is 1. The van der Waals surface area contributed by atoms with Crippen LogP contribution in [0.5, 0.6) is 0 Å². The molecule has 1 rings (SSSR count). The molecule has 1 saturated heterocycles. The average Bonchev–Trinajstić information content (AvgIpc) is 2.06. The SMILES string of the molecule is NCS(=O)(=O)N1CCNCC1. The molecular weight excluding hydrogens is 166 g/mol. The molecule has 1 fully saturated rings. The highest BCUT2D eigenvalue weighted by Crippen LogP contribution is 1.99. The number of nitrogens with two attached hydrogens (primary N) is 1. The van der Waals surface area contributed by atoms with E-state index in [0.717, 1.165) is 13.1 Å². The molecule has 1 aliphatic rings. The molecule has 0 aromatic carbocycles. The van der Waals surface area contributed by atoms with Crippen molar-refractivity contribution in [3.05, 3.63) is 0 Å². The Hall–Kier alpha value is -0.170. The molecule has 3 N–H and O–H groups in total. The molecule has 11 heavy (non-hydrogen) atoms. The lowest BCUT2D eigenvalue weighted by Gasteiger charge is -2.25. The summed E-state index contributed by atoms with van der Waals surface area (Å²) < 4.78 is 23.7. The first kappa shape index (κ1) is 8.92. The smallest absolute Gasteiger partial charge is 0.227 e. The molecule has 0 bridgehead atoms. The molecule has 1 heterocycles. The van der Waals surface area contributed by atoms with Gasteiger partial charge in [-0.25, -0.2) is 8.42 Å². The molecule has 0 aliphatic carbocycles. The minimum atomic E-state index is -3.15. The molecule has 66 valence electrons. The Kier molecular flexibility index (Phi) is 2.83. The van der Waals surface area contributed by atoms with Gasteiger partial charge in [-0.1, -0.05) is 0 Å². The summed E-state index contributed by atoms with van der Waals surface area (Å²) in [5, 5.41) is 3.06. The highest BCUT2D eigenvalue weighted by molar-refractivity contribution is 7.89. The summed E-state index contributed by atoms with van der Waals surface area (Å²) in [5.41, 5.74) is 5.09. The van der Waals surface area contributed by atoms with Gasteiger partial charge in [0, 0.05) is 26.2 Å². The van der Waals surface area contributed by atoms with Crippen molar-refractivity contribution in [1.82, 2.24) is 9.62 Å². The third-order valence-electron chi connectivity index (χ3n) is 1.68. The van der Waals surface area contributed by atoms with Gasteiger partial charge in [-0.15, -0.1) is 0 Å². The maximum Gasteiger partial charge on any atom is 0.227 e. The fourth-order valence-corrected chi connectivity index (χ4v) is 1.98. The fourth-order valence-electron chi connectivity index (χ4n) is 1.03. The summed E-state index contributed by atoms with van der Waals surface area (Å²) in [4.78, 5) is 0. The molecule has 6 heteroatoms. The summed E-state index contributed by atoms with van der Waals surface area (Å²) in [6.45, 7) is 2.53. The molecule has 0 spiro atoms. The Morgan fingerprint density at radius 3 is 2.36 bits per heavy atom. The number of piperazine rings is 1. The van der Waals surface area contributed by atoms with E-state index in [1.165, 1.54) is 4.31 Å². The summed E-state index contributed by atoms with van der Waals surface area (Å²) in [7, 11) is -3.15. The lowest BCUT2D eigenvalue weighted by molar-refractivity contribution is 0.360. The van der Waals surface area contributed by atoms with Crippen molar-refractivity contribution in [3.8, 4) is 0 Å². The minimum absolute atomic E-state index is 0.285. The van der Waals surface area contributed by atoms with E-state index in [0.29, 0.717) is 13.1 Å². The van der Waals surface area contributed by atoms with Gasteiger partial charge in [-0.2, -0.15) is 4.31 Å². The number of hydrogen-bond donors (Lipinski definition) is 2. The van der Waals surface area contributed by atoms with Gasteiger partial charge in [0.2, 0.25) is 10.0 Å². The van der Waals surface area contributed by atoms with Crippen LogP contribution in [0.15, 0.2) is 0 Å². The van der Waals surface area contributed by atoms with Crippen LogP contribution in [0.3, 0.4) is 0 Å². The van der Waals surface area contributed by atoms with Gasteiger partial charge in [0.25, 0.3) is 0 Å². The second-order valence-corrected chi connectivity index (χ2v) is 4.44. The molecule has 0 aromatic heterocycles. The number of rotatable bonds is 2. The van der Waals surface area contributed by atoms with Crippen LogP contribution in [0.25, 0.3) is 0 Å². The van der Waals surface area contributed by atoms with Crippen LogP contribution in [0, 0.1) is 0 Å². The monoisotopic (exact) mass is 179 g/mol. The van der Waals surface area contributed by atoms with E-state index in [9.17, 15) is 8.42 Å². The lowest BCUT2D eigenvalue weighted by atomic mass is 10.4. The number of hydrogen-bond acceptors (Lipinski definition) is 4. The van der Waals surface area contributed by atoms with Crippen molar-refractivity contribution in [2.24, 2.45) is 5.73 Å². The van der Waals surface area contributed by atoms with E-state index in [-0.39, 0.29) is 5.88 Å². The van der Waals surface area contributed by atoms with Crippen molar-refractivity contribution < 1.29 is 8.42 Å². The van der Waals surface area contributed by atoms with Gasteiger partial charge in [-0.3, -0.25) is 0 Å². The minimum Gasteiger partial charge on any atom is -0.317 e. The molecule has 0 atom stereocenters. The Labute approximate surface area is 66.6 Å². The zero-order chi connectivity index (χ0) is 8.32. The van der Waals surface area contributed by atoms with Crippen LogP contribution < -0.4 is 11.1 Å². The van der Waals surface area contributed by atoms with Gasteiger partial charge in [0.05, 0.1) is 0 Å². The van der Waals surface area contributed by atoms with Gasteiger partial charge in [0.15, 0.2) is 0 Å². The fraction of sp³-hybridized carbons (Fsp3) is 1.00. The van der Waals surface area contributed by atoms with Crippen LogP contribution >= 0.6 is 0 Å². The molecule has 1 aliphatic heterocycles. The molecule has 0 amide bonds. The van der Waals surface area contributed by atoms with Gasteiger partial charge in [-0.05, 0) is 0 Å². The van der Waals surface area contributed by atoms with Crippen LogP contribution in [-0.4, -0.2) is 44.8 Å². The second kappa shape index (κ2) is 3.48. The predicted octanol–water partition coefficient (Wildman–Crippen LogP) is -1.86. The van der Waals surface area contributed by atoms with E-state index in [4.69, 9.17) is 5.73 Å². The third-order valence-corrected chi connectivity index (χ3v) is 3.25. The maximum atomic E-state index is 11.1. The molecule has 0 unspecified atom stereocenters.